The van der Waals surface area contributed by atoms with Gasteiger partial charge in [-0.15, -0.1) is 13.2 Å². The largest absolute Gasteiger partial charge is 0.573 e. The molecule has 0 saturated carbocycles. The van der Waals surface area contributed by atoms with Crippen molar-refractivity contribution in [3.05, 3.63) is 30.1 Å². The molecule has 0 saturated heterocycles. The molecule has 17 heavy (non-hydrogen) atoms. The smallest absolute Gasteiger partial charge is 0.406 e. The highest BCUT2D eigenvalue weighted by Gasteiger charge is 2.31. The van der Waals surface area contributed by atoms with Crippen LogP contribution in [0.15, 0.2) is 28.8 Å². The minimum atomic E-state index is -4.69. The van der Waals surface area contributed by atoms with E-state index in [0.717, 1.165) is 0 Å². The lowest BCUT2D eigenvalue weighted by Crippen LogP contribution is -2.16. The molecule has 0 aliphatic rings. The van der Waals surface area contributed by atoms with Crippen molar-refractivity contribution in [3.63, 3.8) is 0 Å². The van der Waals surface area contributed by atoms with Gasteiger partial charge in [0.2, 0.25) is 0 Å². The Labute approximate surface area is 94.0 Å². The Morgan fingerprint density at radius 3 is 2.29 bits per heavy atom. The molecule has 1 aromatic heterocycles. The van der Waals surface area contributed by atoms with E-state index < -0.39 is 6.36 Å². The Balaban J connectivity index is 2.19. The van der Waals surface area contributed by atoms with E-state index in [4.69, 9.17) is 4.52 Å². The van der Waals surface area contributed by atoms with Crippen LogP contribution in [0.5, 0.6) is 5.75 Å². The molecule has 2 aromatic rings. The first-order chi connectivity index (χ1) is 7.94. The van der Waals surface area contributed by atoms with Gasteiger partial charge >= 0.3 is 6.36 Å². The van der Waals surface area contributed by atoms with Gasteiger partial charge in [-0.25, -0.2) is 0 Å². The van der Waals surface area contributed by atoms with Crippen molar-refractivity contribution >= 4 is 0 Å². The standard InChI is InChI=1S/C10H7F3N2O2/c1-6-14-9(17-15-6)7-2-4-8(5-3-7)16-10(11,12)13/h2-5H,1H3. The van der Waals surface area contributed by atoms with Gasteiger partial charge < -0.3 is 9.26 Å². The van der Waals surface area contributed by atoms with Gasteiger partial charge in [0, 0.05) is 5.56 Å². The van der Waals surface area contributed by atoms with Crippen LogP contribution in [-0.4, -0.2) is 16.5 Å². The van der Waals surface area contributed by atoms with Crippen LogP contribution in [0.3, 0.4) is 0 Å². The average Bonchev–Trinajstić information content (AvgIpc) is 2.63. The molecule has 90 valence electrons. The summed E-state index contributed by atoms with van der Waals surface area (Å²) in [7, 11) is 0. The summed E-state index contributed by atoms with van der Waals surface area (Å²) < 4.78 is 44.3. The first-order valence-corrected chi connectivity index (χ1v) is 4.60. The molecule has 0 aliphatic carbocycles. The number of alkyl halides is 3. The molecular weight excluding hydrogens is 237 g/mol. The van der Waals surface area contributed by atoms with Crippen LogP contribution in [0.1, 0.15) is 5.82 Å². The van der Waals surface area contributed by atoms with Crippen molar-refractivity contribution in [1.29, 1.82) is 0 Å². The highest BCUT2D eigenvalue weighted by atomic mass is 19.4. The molecule has 7 heteroatoms. The molecular formula is C10H7F3N2O2. The number of rotatable bonds is 2. The van der Waals surface area contributed by atoms with Gasteiger partial charge in [0.1, 0.15) is 5.75 Å². The molecule has 0 fully saturated rings. The van der Waals surface area contributed by atoms with Crippen LogP contribution >= 0.6 is 0 Å². The monoisotopic (exact) mass is 244 g/mol. The molecule has 0 N–H and O–H groups in total. The fraction of sp³-hybridized carbons (Fsp3) is 0.200. The summed E-state index contributed by atoms with van der Waals surface area (Å²) in [5.41, 5.74) is 0.528. The number of hydrogen-bond acceptors (Lipinski definition) is 4. The summed E-state index contributed by atoms with van der Waals surface area (Å²) in [5, 5.41) is 3.58. The molecule has 0 atom stereocenters. The Morgan fingerprint density at radius 1 is 1.18 bits per heavy atom. The third kappa shape index (κ3) is 2.96. The Bertz CT molecular complexity index is 505. The highest BCUT2D eigenvalue weighted by molar-refractivity contribution is 5.54. The van der Waals surface area contributed by atoms with Gasteiger partial charge in [-0.05, 0) is 31.2 Å². The molecule has 0 spiro atoms. The van der Waals surface area contributed by atoms with Gasteiger partial charge in [-0.1, -0.05) is 5.16 Å². The van der Waals surface area contributed by atoms with E-state index in [9.17, 15) is 13.2 Å². The molecule has 4 nitrogen and oxygen atoms in total. The fourth-order valence-corrected chi connectivity index (χ4v) is 1.21. The lowest BCUT2D eigenvalue weighted by Gasteiger charge is -2.08. The lowest BCUT2D eigenvalue weighted by molar-refractivity contribution is -0.274. The number of halogens is 3. The Morgan fingerprint density at radius 2 is 1.82 bits per heavy atom. The number of nitrogens with zero attached hydrogens (tertiary/aromatic N) is 2. The van der Waals surface area contributed by atoms with Crippen molar-refractivity contribution in [2.75, 3.05) is 0 Å². The van der Waals surface area contributed by atoms with E-state index in [1.54, 1.807) is 6.92 Å². The SMILES string of the molecule is Cc1noc(-c2ccc(OC(F)(F)F)cc2)n1. The maximum Gasteiger partial charge on any atom is 0.573 e. The zero-order chi connectivity index (χ0) is 12.5. The summed E-state index contributed by atoms with van der Waals surface area (Å²) in [5.74, 6) is 0.411. The lowest BCUT2D eigenvalue weighted by atomic mass is 10.2. The highest BCUT2D eigenvalue weighted by Crippen LogP contribution is 2.25. The number of aromatic nitrogens is 2. The van der Waals surface area contributed by atoms with Gasteiger partial charge in [-0.2, -0.15) is 4.98 Å². The van der Waals surface area contributed by atoms with Crippen molar-refractivity contribution < 1.29 is 22.4 Å². The zero-order valence-electron chi connectivity index (χ0n) is 8.65. The number of ether oxygens (including phenoxy) is 1. The van der Waals surface area contributed by atoms with Crippen LogP contribution < -0.4 is 4.74 Å². The second kappa shape index (κ2) is 4.08. The molecule has 0 radical (unpaired) electrons. The van der Waals surface area contributed by atoms with Gasteiger partial charge in [0.05, 0.1) is 0 Å². The maximum absolute atomic E-state index is 11.9. The maximum atomic E-state index is 11.9. The normalized spacial score (nSPS) is 11.5. The average molecular weight is 244 g/mol. The zero-order valence-corrected chi connectivity index (χ0v) is 8.65. The van der Waals surface area contributed by atoms with Gasteiger partial charge in [-0.3, -0.25) is 0 Å². The van der Waals surface area contributed by atoms with Crippen molar-refractivity contribution in [2.24, 2.45) is 0 Å². The number of aryl methyl sites for hydroxylation is 1. The van der Waals surface area contributed by atoms with E-state index >= 15 is 0 Å². The number of benzene rings is 1. The molecule has 0 bridgehead atoms. The molecule has 1 heterocycles. The Hall–Kier alpha value is -2.05. The van der Waals surface area contributed by atoms with E-state index in [1.807, 2.05) is 0 Å². The molecule has 0 unspecified atom stereocenters. The second-order valence-electron chi connectivity index (χ2n) is 3.22. The third-order valence-corrected chi connectivity index (χ3v) is 1.86. The van der Waals surface area contributed by atoms with Crippen LogP contribution in [-0.2, 0) is 0 Å². The topological polar surface area (TPSA) is 48.2 Å². The Kier molecular flexibility index (Phi) is 2.74. The van der Waals surface area contributed by atoms with Gasteiger partial charge in [0.25, 0.3) is 5.89 Å². The third-order valence-electron chi connectivity index (χ3n) is 1.86. The predicted molar refractivity (Wildman–Crippen MR) is 51.2 cm³/mol. The molecule has 1 aromatic carbocycles. The minimum absolute atomic E-state index is 0.251. The van der Waals surface area contributed by atoms with Crippen LogP contribution in [0.4, 0.5) is 13.2 Å². The predicted octanol–water partition coefficient (Wildman–Crippen LogP) is 2.94. The van der Waals surface area contributed by atoms with Crippen molar-refractivity contribution in [2.45, 2.75) is 13.3 Å². The number of hydrogen-bond donors (Lipinski definition) is 0. The van der Waals surface area contributed by atoms with Crippen LogP contribution in [0.2, 0.25) is 0 Å². The second-order valence-corrected chi connectivity index (χ2v) is 3.22. The summed E-state index contributed by atoms with van der Waals surface area (Å²) >= 11 is 0. The van der Waals surface area contributed by atoms with E-state index in [1.165, 1.54) is 24.3 Å². The quantitative estimate of drug-likeness (QED) is 0.814. The molecule has 0 aliphatic heterocycles. The van der Waals surface area contributed by atoms with Crippen molar-refractivity contribution in [1.82, 2.24) is 10.1 Å². The van der Waals surface area contributed by atoms with Gasteiger partial charge in [0.15, 0.2) is 5.82 Å². The first-order valence-electron chi connectivity index (χ1n) is 4.60. The summed E-state index contributed by atoms with van der Waals surface area (Å²) in [6.45, 7) is 1.65. The minimum Gasteiger partial charge on any atom is -0.406 e. The summed E-state index contributed by atoms with van der Waals surface area (Å²) in [4.78, 5) is 3.94. The van der Waals surface area contributed by atoms with E-state index in [0.29, 0.717) is 11.4 Å². The van der Waals surface area contributed by atoms with Crippen molar-refractivity contribution in [3.8, 4) is 17.2 Å². The molecule has 2 rings (SSSR count). The summed E-state index contributed by atoms with van der Waals surface area (Å²) in [6, 6.07) is 5.19. The van der Waals surface area contributed by atoms with Crippen LogP contribution in [0.25, 0.3) is 11.5 Å². The fourth-order valence-electron chi connectivity index (χ4n) is 1.21. The van der Waals surface area contributed by atoms with Crippen LogP contribution in [0, 0.1) is 6.92 Å². The first kappa shape index (κ1) is 11.4. The summed E-state index contributed by atoms with van der Waals surface area (Å²) in [6.07, 6.45) is -4.69. The van der Waals surface area contributed by atoms with E-state index in [2.05, 4.69) is 14.9 Å². The van der Waals surface area contributed by atoms with E-state index in [-0.39, 0.29) is 11.6 Å². The molecule has 0 amide bonds.